The van der Waals surface area contributed by atoms with Crippen molar-refractivity contribution in [3.05, 3.63) is 0 Å². The first-order valence-electron chi connectivity index (χ1n) is 8.34. The summed E-state index contributed by atoms with van der Waals surface area (Å²) in [6, 6.07) is 0. The van der Waals surface area contributed by atoms with Crippen LogP contribution in [0.5, 0.6) is 0 Å². The first-order chi connectivity index (χ1) is 10.5. The Balaban J connectivity index is 0. The molecule has 23 heavy (non-hydrogen) atoms. The van der Waals surface area contributed by atoms with Gasteiger partial charge >= 0.3 is 61.8 Å². The van der Waals surface area contributed by atoms with Gasteiger partial charge in [-0.2, -0.15) is 8.42 Å². The number of hydrogen-bond donors (Lipinski definition) is 2. The van der Waals surface area contributed by atoms with Crippen LogP contribution in [-0.2, 0) is 18.8 Å². The van der Waals surface area contributed by atoms with Crippen LogP contribution in [0.1, 0.15) is 71.1 Å². The third-order valence-corrected chi connectivity index (χ3v) is 4.22. The van der Waals surface area contributed by atoms with Gasteiger partial charge < -0.3 is 10.2 Å². The molecule has 0 aromatic carbocycles. The molecule has 0 heterocycles. The Morgan fingerprint density at radius 1 is 0.870 bits per heavy atom. The van der Waals surface area contributed by atoms with E-state index in [-0.39, 0.29) is 58.0 Å². The summed E-state index contributed by atoms with van der Waals surface area (Å²) in [6.45, 7) is 1.26. The maximum atomic E-state index is 11.3. The molecule has 8 heteroatoms. The molecule has 0 aromatic rings. The van der Waals surface area contributed by atoms with Crippen molar-refractivity contribution in [1.29, 1.82) is 0 Å². The fraction of sp³-hybridized carbons (Fsp3) is 1.00. The van der Waals surface area contributed by atoms with Crippen LogP contribution < -0.4 is 0 Å². The van der Waals surface area contributed by atoms with E-state index in [0.29, 0.717) is 6.42 Å². The second kappa shape index (κ2) is 18.2. The van der Waals surface area contributed by atoms with E-state index >= 15 is 0 Å². The molecule has 0 saturated carbocycles. The SMILES string of the molecule is CCCCCCCCCCCCOS(=O)(=O)OCC(O)CO.[KH]. The molecule has 0 radical (unpaired) electrons. The van der Waals surface area contributed by atoms with Crippen molar-refractivity contribution in [3.8, 4) is 0 Å². The van der Waals surface area contributed by atoms with Crippen LogP contribution in [0, 0.1) is 0 Å². The van der Waals surface area contributed by atoms with Crippen LogP contribution >= 0.6 is 0 Å². The second-order valence-corrected chi connectivity index (χ2v) is 6.82. The van der Waals surface area contributed by atoms with Crippen molar-refractivity contribution in [2.24, 2.45) is 0 Å². The molecule has 0 rings (SSSR count). The summed E-state index contributed by atoms with van der Waals surface area (Å²) < 4.78 is 31.6. The van der Waals surface area contributed by atoms with Gasteiger partial charge in [-0.1, -0.05) is 64.7 Å². The molecular weight excluding hydrogens is 347 g/mol. The summed E-state index contributed by atoms with van der Waals surface area (Å²) in [4.78, 5) is 0. The summed E-state index contributed by atoms with van der Waals surface area (Å²) in [5.41, 5.74) is 0. The molecule has 6 nitrogen and oxygen atoms in total. The quantitative estimate of drug-likeness (QED) is 0.314. The molecule has 0 saturated heterocycles. The third-order valence-electron chi connectivity index (χ3n) is 3.34. The molecule has 2 N–H and O–H groups in total. The monoisotopic (exact) mass is 380 g/mol. The van der Waals surface area contributed by atoms with Crippen molar-refractivity contribution in [2.45, 2.75) is 77.2 Å². The van der Waals surface area contributed by atoms with Gasteiger partial charge in [0.15, 0.2) is 0 Å². The molecule has 1 unspecified atom stereocenters. The summed E-state index contributed by atoms with van der Waals surface area (Å²) >= 11 is 0. The number of rotatable bonds is 16. The Morgan fingerprint density at radius 2 is 1.35 bits per heavy atom. The Morgan fingerprint density at radius 3 is 1.83 bits per heavy atom. The number of aliphatic hydroxyl groups is 2. The van der Waals surface area contributed by atoms with Crippen LogP contribution in [0.25, 0.3) is 0 Å². The van der Waals surface area contributed by atoms with Gasteiger partial charge in [0, 0.05) is 0 Å². The van der Waals surface area contributed by atoms with Crippen LogP contribution in [-0.4, -0.2) is 95.9 Å². The van der Waals surface area contributed by atoms with Crippen LogP contribution in [0.3, 0.4) is 0 Å². The van der Waals surface area contributed by atoms with Crippen molar-refractivity contribution in [2.75, 3.05) is 19.8 Å². The van der Waals surface area contributed by atoms with E-state index in [9.17, 15) is 8.42 Å². The summed E-state index contributed by atoms with van der Waals surface area (Å²) in [7, 11) is -4.07. The molecular formula is C15H33KO6S. The van der Waals surface area contributed by atoms with Gasteiger partial charge in [0.25, 0.3) is 0 Å². The summed E-state index contributed by atoms with van der Waals surface area (Å²) in [5.74, 6) is 0. The Bertz CT molecular complexity index is 337. The number of unbranched alkanes of at least 4 members (excludes halogenated alkanes) is 9. The minimum atomic E-state index is -4.07. The third kappa shape index (κ3) is 19.6. The molecule has 0 bridgehead atoms. The van der Waals surface area contributed by atoms with Crippen molar-refractivity contribution >= 4 is 61.8 Å². The van der Waals surface area contributed by atoms with E-state index in [0.717, 1.165) is 12.8 Å². The molecule has 1 atom stereocenters. The van der Waals surface area contributed by atoms with Crippen molar-refractivity contribution in [1.82, 2.24) is 0 Å². The molecule has 0 fully saturated rings. The van der Waals surface area contributed by atoms with Gasteiger partial charge in [0.05, 0.1) is 19.8 Å². The van der Waals surface area contributed by atoms with Crippen LogP contribution in [0.15, 0.2) is 0 Å². The van der Waals surface area contributed by atoms with E-state index in [1.54, 1.807) is 0 Å². The van der Waals surface area contributed by atoms with Crippen molar-refractivity contribution < 1.29 is 27.0 Å². The van der Waals surface area contributed by atoms with Crippen molar-refractivity contribution in [3.63, 3.8) is 0 Å². The van der Waals surface area contributed by atoms with Gasteiger partial charge in [-0.05, 0) is 6.42 Å². The zero-order valence-corrected chi connectivity index (χ0v) is 14.5. The molecule has 0 aliphatic carbocycles. The molecule has 0 spiro atoms. The fourth-order valence-electron chi connectivity index (χ4n) is 2.00. The summed E-state index contributed by atoms with van der Waals surface area (Å²) in [6.07, 6.45) is 10.4. The average molecular weight is 381 g/mol. The predicted octanol–water partition coefficient (Wildman–Crippen LogP) is 1.89. The first kappa shape index (κ1) is 26.7. The molecule has 0 amide bonds. The van der Waals surface area contributed by atoms with E-state index in [4.69, 9.17) is 10.2 Å². The van der Waals surface area contributed by atoms with Crippen LogP contribution in [0.2, 0.25) is 0 Å². The second-order valence-electron chi connectivity index (χ2n) is 5.53. The van der Waals surface area contributed by atoms with E-state index in [2.05, 4.69) is 15.3 Å². The van der Waals surface area contributed by atoms with Gasteiger partial charge in [0.1, 0.15) is 6.10 Å². The molecule has 136 valence electrons. The van der Waals surface area contributed by atoms with Gasteiger partial charge in [-0.3, -0.25) is 0 Å². The number of aliphatic hydroxyl groups excluding tert-OH is 2. The zero-order chi connectivity index (χ0) is 16.7. The first-order valence-corrected chi connectivity index (χ1v) is 9.68. The van der Waals surface area contributed by atoms with Gasteiger partial charge in [0.2, 0.25) is 0 Å². The fourth-order valence-corrected chi connectivity index (χ4v) is 2.71. The number of hydrogen-bond acceptors (Lipinski definition) is 6. The molecule has 0 aromatic heterocycles. The molecule has 0 aliphatic heterocycles. The van der Waals surface area contributed by atoms with Crippen LogP contribution in [0.4, 0.5) is 0 Å². The Hall–Kier alpha value is 1.43. The Kier molecular flexibility index (Phi) is 21.1. The topological polar surface area (TPSA) is 93.1 Å². The van der Waals surface area contributed by atoms with Gasteiger partial charge in [-0.25, -0.2) is 8.37 Å². The predicted molar refractivity (Wildman–Crippen MR) is 92.9 cm³/mol. The Labute approximate surface area is 184 Å². The van der Waals surface area contributed by atoms with E-state index in [1.807, 2.05) is 0 Å². The van der Waals surface area contributed by atoms with Gasteiger partial charge in [-0.15, -0.1) is 0 Å². The minimum absolute atomic E-state index is 0. The normalized spacial score (nSPS) is 12.8. The summed E-state index contributed by atoms with van der Waals surface area (Å²) in [5, 5.41) is 17.5. The average Bonchev–Trinajstić information content (AvgIpc) is 2.50. The molecule has 0 aliphatic rings. The zero-order valence-electron chi connectivity index (χ0n) is 13.7. The van der Waals surface area contributed by atoms with E-state index in [1.165, 1.54) is 44.9 Å². The maximum absolute atomic E-state index is 11.3. The van der Waals surface area contributed by atoms with E-state index < -0.39 is 29.7 Å². The standard InChI is InChI=1S/C15H32O6S.K.H/c1-2-3-4-5-6-7-8-9-10-11-12-20-22(18,19)21-14-15(17)13-16;;/h15-17H,2-14H2,1H3;;.